The van der Waals surface area contributed by atoms with Crippen molar-refractivity contribution in [2.75, 3.05) is 6.54 Å². The number of nitrogens with zero attached hydrogens (tertiary/aromatic N) is 4. The van der Waals surface area contributed by atoms with Gasteiger partial charge in [-0.3, -0.25) is 9.69 Å². The van der Waals surface area contributed by atoms with E-state index in [4.69, 9.17) is 0 Å². The number of benzene rings is 1. The Bertz CT molecular complexity index is 1040. The van der Waals surface area contributed by atoms with E-state index in [9.17, 15) is 4.79 Å². The van der Waals surface area contributed by atoms with Crippen LogP contribution in [0.4, 0.5) is 5.82 Å². The summed E-state index contributed by atoms with van der Waals surface area (Å²) >= 11 is 1.40. The van der Waals surface area contributed by atoms with Gasteiger partial charge in [-0.2, -0.15) is 0 Å². The lowest BCUT2D eigenvalue weighted by molar-refractivity contribution is -0.122. The van der Waals surface area contributed by atoms with Gasteiger partial charge in [0.05, 0.1) is 4.91 Å². The van der Waals surface area contributed by atoms with Crippen molar-refractivity contribution in [2.45, 2.75) is 6.92 Å². The van der Waals surface area contributed by atoms with Gasteiger partial charge >= 0.3 is 0 Å². The number of carbonyl (C=O) groups is 1. The topological polar surface area (TPSA) is 50.5 Å². The monoisotopic (exact) mass is 362 g/mol. The lowest BCUT2D eigenvalue weighted by atomic mass is 10.1. The smallest absolute Gasteiger partial charge is 0.266 e. The average Bonchev–Trinajstić information content (AvgIpc) is 3.13. The summed E-state index contributed by atoms with van der Waals surface area (Å²) in [7, 11) is 2.01. The second kappa shape index (κ2) is 6.80. The number of aliphatic imine (C=N–C) groups is 1. The Morgan fingerprint density at radius 1 is 1.19 bits per heavy atom. The second-order valence-electron chi connectivity index (χ2n) is 5.95. The number of para-hydroxylation sites is 1. The number of rotatable bonds is 3. The first-order valence-corrected chi connectivity index (χ1v) is 9.24. The van der Waals surface area contributed by atoms with E-state index in [1.807, 2.05) is 50.4 Å². The van der Waals surface area contributed by atoms with Gasteiger partial charge in [0.25, 0.3) is 5.91 Å². The lowest BCUT2D eigenvalue weighted by Crippen LogP contribution is -2.28. The van der Waals surface area contributed by atoms with E-state index in [0.29, 0.717) is 22.4 Å². The number of carbonyl (C=O) groups excluding carboxylic acids is 1. The first-order valence-electron chi connectivity index (χ1n) is 8.42. The van der Waals surface area contributed by atoms with Crippen LogP contribution in [0.3, 0.4) is 0 Å². The van der Waals surface area contributed by atoms with Crippen molar-refractivity contribution in [1.82, 2.24) is 14.5 Å². The number of pyridine rings is 1. The van der Waals surface area contributed by atoms with E-state index in [2.05, 4.69) is 32.9 Å². The van der Waals surface area contributed by atoms with Crippen LogP contribution in [0.25, 0.3) is 17.0 Å². The van der Waals surface area contributed by atoms with Gasteiger partial charge in [-0.1, -0.05) is 24.3 Å². The zero-order valence-corrected chi connectivity index (χ0v) is 15.4. The summed E-state index contributed by atoms with van der Waals surface area (Å²) in [6.45, 7) is 2.53. The molecule has 5 nitrogen and oxygen atoms in total. The van der Waals surface area contributed by atoms with Gasteiger partial charge in [0.2, 0.25) is 0 Å². The van der Waals surface area contributed by atoms with Crippen LogP contribution in [0.5, 0.6) is 0 Å². The fourth-order valence-corrected chi connectivity index (χ4v) is 4.06. The summed E-state index contributed by atoms with van der Waals surface area (Å²) < 4.78 is 2.08. The third kappa shape index (κ3) is 2.93. The van der Waals surface area contributed by atoms with Gasteiger partial charge in [-0.15, -0.1) is 0 Å². The number of hydrogen-bond acceptors (Lipinski definition) is 4. The number of fused-ring (bicyclic) bond motifs is 1. The van der Waals surface area contributed by atoms with Crippen LogP contribution in [0.2, 0.25) is 0 Å². The van der Waals surface area contributed by atoms with Crippen molar-refractivity contribution in [3.63, 3.8) is 0 Å². The minimum Gasteiger partial charge on any atom is -0.350 e. The Hall–Kier alpha value is -2.86. The van der Waals surface area contributed by atoms with Crippen LogP contribution in [-0.4, -0.2) is 32.1 Å². The quantitative estimate of drug-likeness (QED) is 0.656. The zero-order valence-electron chi connectivity index (χ0n) is 14.6. The molecule has 130 valence electrons. The number of aromatic nitrogens is 2. The molecule has 0 aliphatic carbocycles. The highest BCUT2D eigenvalue weighted by Gasteiger charge is 2.32. The van der Waals surface area contributed by atoms with E-state index < -0.39 is 0 Å². The standard InChI is InChI=1S/C20H18N4OS/c1-3-24-19(25)17(26-20(24)22-18-10-6-7-11-21-18)12-14-13-23(2)16-9-5-4-8-15(14)16/h4-13H,3H2,1-2H3/b17-12-,22-20+. The third-order valence-electron chi connectivity index (χ3n) is 4.28. The minimum atomic E-state index is -0.0138. The summed E-state index contributed by atoms with van der Waals surface area (Å²) in [5, 5.41) is 1.80. The van der Waals surface area contributed by atoms with Gasteiger partial charge in [0.15, 0.2) is 11.0 Å². The molecule has 2 aromatic heterocycles. The molecule has 4 rings (SSSR count). The van der Waals surface area contributed by atoms with E-state index in [0.717, 1.165) is 16.5 Å². The van der Waals surface area contributed by atoms with E-state index in [1.165, 1.54) is 11.8 Å². The molecule has 1 aliphatic rings. The number of likely N-dealkylation sites (N-methyl/N-ethyl adjacent to an activating group) is 1. The maximum absolute atomic E-state index is 12.8. The molecule has 0 radical (unpaired) electrons. The second-order valence-corrected chi connectivity index (χ2v) is 6.96. The van der Waals surface area contributed by atoms with Crippen LogP contribution in [-0.2, 0) is 11.8 Å². The summed E-state index contributed by atoms with van der Waals surface area (Å²) in [6, 6.07) is 13.8. The molecule has 1 aliphatic heterocycles. The van der Waals surface area contributed by atoms with Crippen LogP contribution in [0.1, 0.15) is 12.5 Å². The number of thioether (sulfide) groups is 1. The number of aryl methyl sites for hydroxylation is 1. The molecule has 1 aromatic carbocycles. The summed E-state index contributed by atoms with van der Waals surface area (Å²) in [4.78, 5) is 24.0. The highest BCUT2D eigenvalue weighted by atomic mass is 32.2. The molecule has 0 unspecified atom stereocenters. The van der Waals surface area contributed by atoms with Crippen molar-refractivity contribution < 1.29 is 4.79 Å². The molecule has 0 bridgehead atoms. The van der Waals surface area contributed by atoms with Crippen LogP contribution in [0, 0.1) is 0 Å². The molecule has 1 amide bonds. The molecule has 3 aromatic rings. The van der Waals surface area contributed by atoms with Crippen molar-refractivity contribution in [2.24, 2.45) is 12.0 Å². The van der Waals surface area contributed by atoms with Gasteiger partial charge in [0, 0.05) is 42.5 Å². The maximum Gasteiger partial charge on any atom is 0.266 e. The van der Waals surface area contributed by atoms with E-state index >= 15 is 0 Å². The van der Waals surface area contributed by atoms with Crippen molar-refractivity contribution in [3.8, 4) is 0 Å². The number of amides is 1. The molecule has 1 fully saturated rings. The van der Waals surface area contributed by atoms with Gasteiger partial charge in [0.1, 0.15) is 0 Å². The molecular weight excluding hydrogens is 344 g/mol. The zero-order chi connectivity index (χ0) is 18.1. The van der Waals surface area contributed by atoms with E-state index in [-0.39, 0.29) is 5.91 Å². The maximum atomic E-state index is 12.8. The first kappa shape index (κ1) is 16.6. The Balaban J connectivity index is 1.74. The molecule has 6 heteroatoms. The molecule has 1 saturated heterocycles. The fourth-order valence-electron chi connectivity index (χ4n) is 3.02. The predicted molar refractivity (Wildman–Crippen MR) is 107 cm³/mol. The fraction of sp³-hybridized carbons (Fsp3) is 0.150. The highest BCUT2D eigenvalue weighted by molar-refractivity contribution is 8.18. The number of amidine groups is 1. The largest absolute Gasteiger partial charge is 0.350 e. The third-order valence-corrected chi connectivity index (χ3v) is 5.28. The van der Waals surface area contributed by atoms with Crippen LogP contribution in [0.15, 0.2) is 64.8 Å². The Labute approximate surface area is 156 Å². The minimum absolute atomic E-state index is 0.0138. The molecule has 0 saturated carbocycles. The van der Waals surface area contributed by atoms with Gasteiger partial charge < -0.3 is 4.57 Å². The molecule has 0 atom stereocenters. The molecular formula is C20H18N4OS. The summed E-state index contributed by atoms with van der Waals surface area (Å²) in [5.41, 5.74) is 2.18. The van der Waals surface area contributed by atoms with Crippen molar-refractivity contribution in [3.05, 3.63) is 65.3 Å². The summed E-state index contributed by atoms with van der Waals surface area (Å²) in [5.74, 6) is 0.591. The van der Waals surface area contributed by atoms with Crippen LogP contribution >= 0.6 is 11.8 Å². The molecule has 26 heavy (non-hydrogen) atoms. The first-order chi connectivity index (χ1) is 12.7. The summed E-state index contributed by atoms with van der Waals surface area (Å²) in [6.07, 6.45) is 5.71. The van der Waals surface area contributed by atoms with Crippen molar-refractivity contribution in [1.29, 1.82) is 0 Å². The predicted octanol–water partition coefficient (Wildman–Crippen LogP) is 4.20. The van der Waals surface area contributed by atoms with Gasteiger partial charge in [-0.25, -0.2) is 9.98 Å². The number of hydrogen-bond donors (Lipinski definition) is 0. The molecule has 0 spiro atoms. The molecule has 0 N–H and O–H groups in total. The van der Waals surface area contributed by atoms with Gasteiger partial charge in [-0.05, 0) is 43.0 Å². The Kier molecular flexibility index (Phi) is 4.34. The Morgan fingerprint density at radius 3 is 2.77 bits per heavy atom. The molecule has 3 heterocycles. The van der Waals surface area contributed by atoms with E-state index in [1.54, 1.807) is 11.1 Å². The lowest BCUT2D eigenvalue weighted by Gasteiger charge is -2.11. The van der Waals surface area contributed by atoms with Crippen molar-refractivity contribution >= 4 is 45.6 Å². The normalized spacial score (nSPS) is 17.8. The average molecular weight is 362 g/mol. The highest BCUT2D eigenvalue weighted by Crippen LogP contribution is 2.35. The Morgan fingerprint density at radius 2 is 2.00 bits per heavy atom. The SMILES string of the molecule is CCN1C(=O)/C(=C/c2cn(C)c3ccccc23)S/C1=N/c1ccccn1. The van der Waals surface area contributed by atoms with Crippen LogP contribution < -0.4 is 0 Å².